The van der Waals surface area contributed by atoms with E-state index in [9.17, 15) is 0 Å². The highest BCUT2D eigenvalue weighted by Crippen LogP contribution is 2.31. The number of hydrogen-bond acceptors (Lipinski definition) is 3. The van der Waals surface area contributed by atoms with Crippen molar-refractivity contribution in [3.8, 4) is 0 Å². The molecule has 3 N–H and O–H groups in total. The molecule has 0 saturated carbocycles. The molecule has 0 unspecified atom stereocenters. The Morgan fingerprint density at radius 2 is 1.83 bits per heavy atom. The molecule has 0 aliphatic rings. The largest absolute Gasteiger partial charge is 0.382 e. The van der Waals surface area contributed by atoms with Gasteiger partial charge in [0, 0.05) is 8.59 Å². The molecule has 94 valence electrons. The van der Waals surface area contributed by atoms with Gasteiger partial charge in [-0.3, -0.25) is 0 Å². The zero-order chi connectivity index (χ0) is 13.3. The van der Waals surface area contributed by atoms with Crippen molar-refractivity contribution in [2.75, 3.05) is 11.1 Å². The molecule has 0 saturated heterocycles. The summed E-state index contributed by atoms with van der Waals surface area (Å²) in [6.45, 7) is 0. The lowest BCUT2D eigenvalue weighted by molar-refractivity contribution is 1.31. The van der Waals surface area contributed by atoms with E-state index < -0.39 is 0 Å². The van der Waals surface area contributed by atoms with Gasteiger partial charge in [-0.25, -0.2) is 4.98 Å². The second-order valence-electron chi connectivity index (χ2n) is 3.44. The van der Waals surface area contributed by atoms with Crippen LogP contribution in [0.25, 0.3) is 0 Å². The van der Waals surface area contributed by atoms with Gasteiger partial charge in [-0.05, 0) is 46.9 Å². The summed E-state index contributed by atoms with van der Waals surface area (Å²) in [5.74, 6) is 0.686. The first-order valence-corrected chi connectivity index (χ1v) is 7.02. The zero-order valence-corrected chi connectivity index (χ0v) is 13.3. The molecule has 2 rings (SSSR count). The van der Waals surface area contributed by atoms with Crippen LogP contribution in [-0.2, 0) is 0 Å². The SMILES string of the molecule is Nc1nc(Nc2ccc(Cl)cc2I)c(Cl)cc1Cl. The van der Waals surface area contributed by atoms with Crippen LogP contribution in [0.2, 0.25) is 15.1 Å². The van der Waals surface area contributed by atoms with Gasteiger partial charge in [0.1, 0.15) is 5.82 Å². The standard InChI is InChI=1S/C11H7Cl3IN3/c12-5-1-2-9(8(15)3-5)17-11-7(14)4-6(13)10(16)18-11/h1-4H,(H3,16,17,18). The highest BCUT2D eigenvalue weighted by molar-refractivity contribution is 14.1. The highest BCUT2D eigenvalue weighted by Gasteiger charge is 2.09. The van der Waals surface area contributed by atoms with Crippen molar-refractivity contribution in [3.05, 3.63) is 42.9 Å². The Bertz CT molecular complexity index is 604. The Morgan fingerprint density at radius 1 is 1.11 bits per heavy atom. The van der Waals surface area contributed by atoms with Crippen molar-refractivity contribution in [1.82, 2.24) is 4.98 Å². The molecule has 0 fully saturated rings. The number of nitrogens with one attached hydrogen (secondary N) is 1. The summed E-state index contributed by atoms with van der Waals surface area (Å²) in [4.78, 5) is 4.10. The lowest BCUT2D eigenvalue weighted by Gasteiger charge is -2.10. The average molecular weight is 414 g/mol. The fourth-order valence-corrected chi connectivity index (χ4v) is 2.70. The Hall–Kier alpha value is -0.430. The first-order chi connectivity index (χ1) is 8.47. The van der Waals surface area contributed by atoms with Gasteiger partial charge in [0.2, 0.25) is 0 Å². The van der Waals surface area contributed by atoms with Gasteiger partial charge in [0.05, 0.1) is 15.7 Å². The molecule has 0 aliphatic heterocycles. The van der Waals surface area contributed by atoms with E-state index in [1.165, 1.54) is 0 Å². The molecule has 3 nitrogen and oxygen atoms in total. The third-order valence-corrected chi connectivity index (χ3v) is 3.86. The molecule has 0 bridgehead atoms. The number of hydrogen-bond donors (Lipinski definition) is 2. The summed E-state index contributed by atoms with van der Waals surface area (Å²) in [6, 6.07) is 7.00. The van der Waals surface area contributed by atoms with Crippen molar-refractivity contribution in [2.45, 2.75) is 0 Å². The van der Waals surface area contributed by atoms with Crippen molar-refractivity contribution < 1.29 is 0 Å². The minimum absolute atomic E-state index is 0.229. The van der Waals surface area contributed by atoms with E-state index in [0.717, 1.165) is 9.26 Å². The molecule has 1 heterocycles. The highest BCUT2D eigenvalue weighted by atomic mass is 127. The third kappa shape index (κ3) is 3.12. The normalized spacial score (nSPS) is 10.4. The summed E-state index contributed by atoms with van der Waals surface area (Å²) < 4.78 is 0.950. The Labute approximate surface area is 133 Å². The molecule has 0 aliphatic carbocycles. The smallest absolute Gasteiger partial charge is 0.151 e. The molecule has 1 aromatic carbocycles. The second kappa shape index (κ2) is 5.69. The van der Waals surface area contributed by atoms with E-state index in [1.807, 2.05) is 12.1 Å². The molecule has 0 amide bonds. The van der Waals surface area contributed by atoms with E-state index in [-0.39, 0.29) is 5.82 Å². The van der Waals surface area contributed by atoms with Crippen LogP contribution in [0.1, 0.15) is 0 Å². The van der Waals surface area contributed by atoms with Gasteiger partial charge in [-0.2, -0.15) is 0 Å². The van der Waals surface area contributed by atoms with Gasteiger partial charge in [-0.15, -0.1) is 0 Å². The van der Waals surface area contributed by atoms with Crippen LogP contribution < -0.4 is 11.1 Å². The van der Waals surface area contributed by atoms with Gasteiger partial charge in [0.15, 0.2) is 5.82 Å². The quantitative estimate of drug-likeness (QED) is 0.682. The Balaban J connectivity index is 2.37. The Morgan fingerprint density at radius 3 is 2.50 bits per heavy atom. The summed E-state index contributed by atoms with van der Waals surface area (Å²) in [7, 11) is 0. The van der Waals surface area contributed by atoms with E-state index in [4.69, 9.17) is 40.5 Å². The number of benzene rings is 1. The minimum atomic E-state index is 0.229. The maximum atomic E-state index is 6.04. The maximum absolute atomic E-state index is 6.04. The topological polar surface area (TPSA) is 50.9 Å². The maximum Gasteiger partial charge on any atom is 0.151 e. The van der Waals surface area contributed by atoms with E-state index in [2.05, 4.69) is 32.9 Å². The molecule has 2 aromatic rings. The fraction of sp³-hybridized carbons (Fsp3) is 0. The van der Waals surface area contributed by atoms with E-state index in [1.54, 1.807) is 12.1 Å². The van der Waals surface area contributed by atoms with Crippen molar-refractivity contribution in [2.24, 2.45) is 0 Å². The predicted molar refractivity (Wildman–Crippen MR) is 86.1 cm³/mol. The molecule has 0 spiro atoms. The second-order valence-corrected chi connectivity index (χ2v) is 5.85. The van der Waals surface area contributed by atoms with E-state index in [0.29, 0.717) is 20.9 Å². The number of aromatic nitrogens is 1. The van der Waals surface area contributed by atoms with Crippen molar-refractivity contribution >= 4 is 74.7 Å². The first kappa shape index (κ1) is 14.0. The molecule has 7 heteroatoms. The molecule has 0 radical (unpaired) electrons. The number of nitrogen functional groups attached to an aromatic ring is 1. The number of anilines is 3. The van der Waals surface area contributed by atoms with Gasteiger partial charge in [-0.1, -0.05) is 34.8 Å². The molecular formula is C11H7Cl3IN3. The van der Waals surface area contributed by atoms with Crippen LogP contribution in [0.3, 0.4) is 0 Å². The fourth-order valence-electron chi connectivity index (χ4n) is 1.29. The molecule has 1 aromatic heterocycles. The number of nitrogens with two attached hydrogens (primary N) is 1. The van der Waals surface area contributed by atoms with Crippen LogP contribution in [0.4, 0.5) is 17.3 Å². The summed E-state index contributed by atoms with van der Waals surface area (Å²) in [5, 5.41) is 4.49. The Kier molecular flexibility index (Phi) is 4.42. The zero-order valence-electron chi connectivity index (χ0n) is 8.85. The van der Waals surface area contributed by atoms with Crippen LogP contribution >= 0.6 is 57.4 Å². The minimum Gasteiger partial charge on any atom is -0.382 e. The lowest BCUT2D eigenvalue weighted by atomic mass is 10.3. The summed E-state index contributed by atoms with van der Waals surface area (Å²) in [6.07, 6.45) is 0. The van der Waals surface area contributed by atoms with Crippen LogP contribution in [0, 0.1) is 3.57 Å². The number of rotatable bonds is 2. The monoisotopic (exact) mass is 413 g/mol. The number of pyridine rings is 1. The average Bonchev–Trinajstić information content (AvgIpc) is 2.29. The van der Waals surface area contributed by atoms with Gasteiger partial charge >= 0.3 is 0 Å². The number of nitrogens with zero attached hydrogens (tertiary/aromatic N) is 1. The summed E-state index contributed by atoms with van der Waals surface area (Å²) in [5.41, 5.74) is 6.48. The third-order valence-electron chi connectivity index (χ3n) is 2.14. The van der Waals surface area contributed by atoms with Crippen LogP contribution in [0.5, 0.6) is 0 Å². The molecule has 18 heavy (non-hydrogen) atoms. The van der Waals surface area contributed by atoms with Gasteiger partial charge < -0.3 is 11.1 Å². The van der Waals surface area contributed by atoms with Gasteiger partial charge in [0.25, 0.3) is 0 Å². The van der Waals surface area contributed by atoms with Crippen molar-refractivity contribution in [3.63, 3.8) is 0 Å². The van der Waals surface area contributed by atoms with Crippen molar-refractivity contribution in [1.29, 1.82) is 0 Å². The van der Waals surface area contributed by atoms with Crippen LogP contribution in [0.15, 0.2) is 24.3 Å². The lowest BCUT2D eigenvalue weighted by Crippen LogP contribution is -2.00. The predicted octanol–water partition coefficient (Wildman–Crippen LogP) is 4.97. The summed E-state index contributed by atoms with van der Waals surface area (Å²) >= 11 is 19.9. The molecular weight excluding hydrogens is 407 g/mol. The number of halogens is 4. The van der Waals surface area contributed by atoms with Crippen LogP contribution in [-0.4, -0.2) is 4.98 Å². The molecule has 0 atom stereocenters. The van der Waals surface area contributed by atoms with E-state index >= 15 is 0 Å². The first-order valence-electron chi connectivity index (χ1n) is 4.81.